The van der Waals surface area contributed by atoms with Crippen LogP contribution in [0.5, 0.6) is 0 Å². The van der Waals surface area contributed by atoms with Gasteiger partial charge in [-0.05, 0) is 56.5 Å². The number of carbonyl (C=O) groups excluding carboxylic acids is 1. The van der Waals surface area contributed by atoms with Gasteiger partial charge < -0.3 is 10.1 Å². The molecule has 0 amide bonds. The summed E-state index contributed by atoms with van der Waals surface area (Å²) in [6.45, 7) is 3.94. The Morgan fingerprint density at radius 2 is 1.91 bits per heavy atom. The van der Waals surface area contributed by atoms with E-state index < -0.39 is 6.04 Å². The van der Waals surface area contributed by atoms with Crippen molar-refractivity contribution in [2.75, 3.05) is 12.9 Å². The predicted molar refractivity (Wildman–Crippen MR) is 125 cm³/mol. The highest BCUT2D eigenvalue weighted by Gasteiger charge is 2.35. The van der Waals surface area contributed by atoms with Gasteiger partial charge >= 0.3 is 5.97 Å². The number of allylic oxidation sites excluding steroid dienone is 1. The maximum atomic E-state index is 13.6. The number of esters is 1. The van der Waals surface area contributed by atoms with Gasteiger partial charge in [0.05, 0.1) is 29.6 Å². The summed E-state index contributed by atoms with van der Waals surface area (Å²) < 4.78 is 20.8. The lowest BCUT2D eigenvalue weighted by molar-refractivity contribution is -0.139. The summed E-state index contributed by atoms with van der Waals surface area (Å²) in [5.74, 6) is -0.699. The molecule has 1 aliphatic rings. The maximum absolute atomic E-state index is 13.6. The first-order valence-corrected chi connectivity index (χ1v) is 11.6. The molecule has 8 heteroatoms. The summed E-state index contributed by atoms with van der Waals surface area (Å²) in [7, 11) is 0. The predicted octanol–water partition coefficient (Wildman–Crippen LogP) is 4.40. The molecule has 2 heterocycles. The van der Waals surface area contributed by atoms with Gasteiger partial charge in [0.2, 0.25) is 0 Å². The van der Waals surface area contributed by atoms with Crippen LogP contribution in [0.2, 0.25) is 0 Å². The van der Waals surface area contributed by atoms with E-state index in [1.807, 2.05) is 49.7 Å². The SMILES string of the molecule is CCOC(=O)C1=C(C)NC(SC)NC1c1cn(-c2ccccc2)nc1-c1ccc(F)cc1. The second kappa shape index (κ2) is 9.58. The number of nitrogens with zero attached hydrogens (tertiary/aromatic N) is 2. The van der Waals surface area contributed by atoms with Crippen molar-refractivity contribution in [3.05, 3.63) is 83.4 Å². The minimum atomic E-state index is -0.453. The van der Waals surface area contributed by atoms with Crippen LogP contribution in [-0.2, 0) is 9.53 Å². The summed E-state index contributed by atoms with van der Waals surface area (Å²) in [5.41, 5.74) is 4.29. The van der Waals surface area contributed by atoms with Crippen LogP contribution < -0.4 is 10.6 Å². The summed E-state index contributed by atoms with van der Waals surface area (Å²) in [5, 5.41) is 11.6. The average molecular weight is 453 g/mol. The molecule has 1 aromatic heterocycles. The first kappa shape index (κ1) is 22.1. The van der Waals surface area contributed by atoms with Gasteiger partial charge in [-0.15, -0.1) is 11.8 Å². The van der Waals surface area contributed by atoms with Crippen LogP contribution in [0, 0.1) is 5.82 Å². The molecule has 0 saturated heterocycles. The Kier molecular flexibility index (Phi) is 6.62. The smallest absolute Gasteiger partial charge is 0.337 e. The number of halogens is 1. The Bertz CT molecular complexity index is 1130. The van der Waals surface area contributed by atoms with E-state index in [-0.39, 0.29) is 23.9 Å². The Labute approximate surface area is 190 Å². The number of aromatic nitrogens is 2. The first-order valence-electron chi connectivity index (χ1n) is 10.4. The molecule has 0 saturated carbocycles. The largest absolute Gasteiger partial charge is 0.463 e. The second-order valence-electron chi connectivity index (χ2n) is 7.34. The van der Waals surface area contributed by atoms with Crippen molar-refractivity contribution in [3.63, 3.8) is 0 Å². The van der Waals surface area contributed by atoms with Crippen LogP contribution >= 0.6 is 11.8 Å². The zero-order valence-electron chi connectivity index (χ0n) is 18.1. The minimum Gasteiger partial charge on any atom is -0.463 e. The van der Waals surface area contributed by atoms with E-state index in [2.05, 4.69) is 10.6 Å². The molecule has 32 heavy (non-hydrogen) atoms. The Morgan fingerprint density at radius 1 is 1.19 bits per heavy atom. The lowest BCUT2D eigenvalue weighted by Gasteiger charge is -2.34. The van der Waals surface area contributed by atoms with Gasteiger partial charge in [-0.3, -0.25) is 5.32 Å². The molecule has 1 aliphatic heterocycles. The van der Waals surface area contributed by atoms with Crippen molar-refractivity contribution in [1.82, 2.24) is 20.4 Å². The van der Waals surface area contributed by atoms with Crippen molar-refractivity contribution >= 4 is 17.7 Å². The van der Waals surface area contributed by atoms with Gasteiger partial charge in [-0.2, -0.15) is 5.10 Å². The Balaban J connectivity index is 1.89. The van der Waals surface area contributed by atoms with Gasteiger partial charge in [-0.1, -0.05) is 18.2 Å². The molecule has 3 aromatic rings. The zero-order valence-corrected chi connectivity index (χ0v) is 18.9. The molecule has 0 fully saturated rings. The summed E-state index contributed by atoms with van der Waals surface area (Å²) >= 11 is 1.60. The van der Waals surface area contributed by atoms with E-state index in [0.29, 0.717) is 11.3 Å². The van der Waals surface area contributed by atoms with Crippen molar-refractivity contribution in [2.45, 2.75) is 25.4 Å². The zero-order chi connectivity index (χ0) is 22.7. The number of carbonyl (C=O) groups is 1. The average Bonchev–Trinajstić information content (AvgIpc) is 3.25. The van der Waals surface area contributed by atoms with Gasteiger partial charge in [0.1, 0.15) is 11.3 Å². The van der Waals surface area contributed by atoms with Gasteiger partial charge in [0, 0.05) is 23.0 Å². The molecule has 2 N–H and O–H groups in total. The second-order valence-corrected chi connectivity index (χ2v) is 8.28. The number of thioether (sulfide) groups is 1. The van der Waals surface area contributed by atoms with Crippen LogP contribution in [-0.4, -0.2) is 34.1 Å². The third-order valence-corrected chi connectivity index (χ3v) is 6.01. The van der Waals surface area contributed by atoms with E-state index in [1.54, 1.807) is 35.5 Å². The van der Waals surface area contributed by atoms with E-state index in [4.69, 9.17) is 9.84 Å². The molecule has 2 aromatic carbocycles. The van der Waals surface area contributed by atoms with E-state index in [1.165, 1.54) is 12.1 Å². The summed E-state index contributed by atoms with van der Waals surface area (Å²) in [6.07, 6.45) is 3.90. The third kappa shape index (κ3) is 4.42. The Hall–Kier alpha value is -3.10. The summed E-state index contributed by atoms with van der Waals surface area (Å²) in [6, 6.07) is 15.5. The van der Waals surface area contributed by atoms with E-state index >= 15 is 0 Å². The number of hydrogen-bond donors (Lipinski definition) is 2. The van der Waals surface area contributed by atoms with Crippen LogP contribution in [0.15, 0.2) is 72.1 Å². The molecular weight excluding hydrogens is 427 g/mol. The fourth-order valence-corrected chi connectivity index (χ4v) is 4.33. The standard InChI is InChI=1S/C24H25FN4O2S/c1-4-31-23(30)20-15(2)26-24(32-3)27-22(20)19-14-29(18-8-6-5-7-9-18)28-21(19)16-10-12-17(25)13-11-16/h5-14,22,24,26-27H,4H2,1-3H3. The normalized spacial score (nSPS) is 18.4. The summed E-state index contributed by atoms with van der Waals surface area (Å²) in [4.78, 5) is 12.9. The molecule has 0 spiro atoms. The number of para-hydroxylation sites is 1. The van der Waals surface area contributed by atoms with Gasteiger partial charge in [-0.25, -0.2) is 13.9 Å². The molecule has 0 radical (unpaired) electrons. The molecule has 6 nitrogen and oxygen atoms in total. The fraction of sp³-hybridized carbons (Fsp3) is 0.250. The van der Waals surface area contributed by atoms with Crippen LogP contribution in [0.1, 0.15) is 25.5 Å². The highest BCUT2D eigenvalue weighted by molar-refractivity contribution is 7.99. The molecule has 0 bridgehead atoms. The van der Waals surface area contributed by atoms with Crippen molar-refractivity contribution in [2.24, 2.45) is 0 Å². The van der Waals surface area contributed by atoms with E-state index in [0.717, 1.165) is 22.5 Å². The Morgan fingerprint density at radius 3 is 2.56 bits per heavy atom. The molecule has 0 aliphatic carbocycles. The highest BCUT2D eigenvalue weighted by atomic mass is 32.2. The highest BCUT2D eigenvalue weighted by Crippen LogP contribution is 2.36. The topological polar surface area (TPSA) is 68.2 Å². The quantitative estimate of drug-likeness (QED) is 0.541. The lowest BCUT2D eigenvalue weighted by Crippen LogP contribution is -2.48. The fourth-order valence-electron chi connectivity index (χ4n) is 3.76. The lowest BCUT2D eigenvalue weighted by atomic mass is 9.94. The van der Waals surface area contributed by atoms with Gasteiger partial charge in [0.15, 0.2) is 0 Å². The number of hydrogen-bond acceptors (Lipinski definition) is 6. The maximum Gasteiger partial charge on any atom is 0.337 e. The molecular formula is C24H25FN4O2S. The molecule has 2 unspecified atom stereocenters. The van der Waals surface area contributed by atoms with Crippen molar-refractivity contribution in [1.29, 1.82) is 0 Å². The molecule has 166 valence electrons. The third-order valence-electron chi connectivity index (χ3n) is 5.28. The number of nitrogens with one attached hydrogen (secondary N) is 2. The van der Waals surface area contributed by atoms with E-state index in [9.17, 15) is 9.18 Å². The van der Waals surface area contributed by atoms with Crippen LogP contribution in [0.4, 0.5) is 4.39 Å². The van der Waals surface area contributed by atoms with Crippen LogP contribution in [0.25, 0.3) is 16.9 Å². The molecule has 2 atom stereocenters. The minimum absolute atomic E-state index is 0.0979. The first-order chi connectivity index (χ1) is 15.5. The van der Waals surface area contributed by atoms with Crippen molar-refractivity contribution < 1.29 is 13.9 Å². The number of rotatable bonds is 6. The van der Waals surface area contributed by atoms with Gasteiger partial charge in [0.25, 0.3) is 0 Å². The molecule has 4 rings (SSSR count). The number of benzene rings is 2. The van der Waals surface area contributed by atoms with Crippen molar-refractivity contribution in [3.8, 4) is 16.9 Å². The monoisotopic (exact) mass is 452 g/mol. The number of ether oxygens (including phenoxy) is 1. The van der Waals surface area contributed by atoms with Crippen LogP contribution in [0.3, 0.4) is 0 Å².